The van der Waals surface area contributed by atoms with Crippen molar-refractivity contribution >= 4 is 35.5 Å². The van der Waals surface area contributed by atoms with Crippen molar-refractivity contribution in [2.45, 2.75) is 30.4 Å². The van der Waals surface area contributed by atoms with Crippen molar-refractivity contribution in [3.63, 3.8) is 0 Å². The van der Waals surface area contributed by atoms with Gasteiger partial charge in [0.1, 0.15) is 12.4 Å². The molecule has 8 heteroatoms. The first-order chi connectivity index (χ1) is 15.5. The summed E-state index contributed by atoms with van der Waals surface area (Å²) in [6, 6.07) is 15.5. The van der Waals surface area contributed by atoms with Crippen molar-refractivity contribution in [3.05, 3.63) is 87.4 Å². The van der Waals surface area contributed by atoms with E-state index in [1.54, 1.807) is 25.6 Å². The number of carbonyl (C=O) groups excluding carboxylic acids is 2. The number of rotatable bonds is 6. The van der Waals surface area contributed by atoms with Gasteiger partial charge in [0.25, 0.3) is 0 Å². The number of esters is 1. The smallest absolute Gasteiger partial charge is 0.456 e. The molecule has 2 aromatic rings. The molecule has 0 saturated heterocycles. The molecule has 0 aliphatic carbocycles. The van der Waals surface area contributed by atoms with E-state index in [1.807, 2.05) is 48.5 Å². The minimum Gasteiger partial charge on any atom is -0.456 e. The molecule has 1 unspecified atom stereocenters. The van der Waals surface area contributed by atoms with Crippen molar-refractivity contribution in [3.8, 4) is 0 Å². The maximum Gasteiger partial charge on any atom is 0.513 e. The highest BCUT2D eigenvalue weighted by Crippen LogP contribution is 2.44. The number of hydrogen-bond acceptors (Lipinski definition) is 7. The average molecular weight is 472 g/mol. The lowest BCUT2D eigenvalue weighted by Gasteiger charge is -2.28. The van der Waals surface area contributed by atoms with Crippen molar-refractivity contribution in [1.29, 1.82) is 0 Å². The molecule has 0 bridgehead atoms. The molecule has 4 rings (SSSR count). The van der Waals surface area contributed by atoms with Crippen molar-refractivity contribution < 1.29 is 23.8 Å². The van der Waals surface area contributed by atoms with Crippen molar-refractivity contribution in [2.75, 3.05) is 13.2 Å². The Labute approximate surface area is 195 Å². The molecule has 1 atom stereocenters. The highest BCUT2D eigenvalue weighted by Gasteiger charge is 2.41. The van der Waals surface area contributed by atoms with Crippen LogP contribution in [0.5, 0.6) is 0 Å². The Bertz CT molecular complexity index is 1110. The Morgan fingerprint density at radius 2 is 1.97 bits per heavy atom. The number of allylic oxidation sites excluding steroid dienone is 2. The van der Waals surface area contributed by atoms with E-state index >= 15 is 0 Å². The summed E-state index contributed by atoms with van der Waals surface area (Å²) in [6.45, 7) is 3.86. The second-order valence-corrected chi connectivity index (χ2v) is 8.71. The van der Waals surface area contributed by atoms with Gasteiger partial charge in [-0.05, 0) is 43.2 Å². The number of nitrogens with one attached hydrogen (secondary N) is 1. The summed E-state index contributed by atoms with van der Waals surface area (Å²) in [4.78, 5) is 25.8. The fourth-order valence-corrected chi connectivity index (χ4v) is 4.88. The average Bonchev–Trinajstić information content (AvgIpc) is 3.14. The maximum atomic E-state index is 12.6. The topological polar surface area (TPSA) is 73.9 Å². The third-order valence-corrected chi connectivity index (χ3v) is 6.56. The quantitative estimate of drug-likeness (QED) is 0.438. The van der Waals surface area contributed by atoms with Gasteiger partial charge in [-0.3, -0.25) is 0 Å². The van der Waals surface area contributed by atoms with Crippen LogP contribution in [-0.4, -0.2) is 25.3 Å². The van der Waals surface area contributed by atoms with Crippen LogP contribution in [0.4, 0.5) is 4.79 Å². The predicted molar refractivity (Wildman–Crippen MR) is 122 cm³/mol. The van der Waals surface area contributed by atoms with E-state index in [-0.39, 0.29) is 13.2 Å². The summed E-state index contributed by atoms with van der Waals surface area (Å²) in [5.74, 6) is 0.0411. The number of thioether (sulfide) groups is 1. The van der Waals surface area contributed by atoms with Crippen LogP contribution in [0.25, 0.3) is 0 Å². The summed E-state index contributed by atoms with van der Waals surface area (Å²) in [5, 5.41) is 3.84. The molecule has 0 amide bonds. The maximum absolute atomic E-state index is 12.6. The minimum atomic E-state index is -0.810. The van der Waals surface area contributed by atoms with Crippen LogP contribution in [-0.2, 0) is 24.8 Å². The van der Waals surface area contributed by atoms with Gasteiger partial charge in [0.2, 0.25) is 0 Å². The fourth-order valence-electron chi connectivity index (χ4n) is 3.71. The number of cyclic esters (lactones) is 1. The number of hydrogen-bond donors (Lipinski definition) is 1. The standard InChI is InChI=1S/C24H22ClNO5S/c1-3-29-24(28)31-22-14(2)26-18-12-30-23(27)21(18)20(22)17-6-4-5-7-19(17)32-13-15-8-10-16(25)11-9-15/h4-11,20,26H,3,12-13H2,1-2H3. The second kappa shape index (κ2) is 9.71. The van der Waals surface area contributed by atoms with E-state index in [9.17, 15) is 9.59 Å². The summed E-state index contributed by atoms with van der Waals surface area (Å²) in [7, 11) is 0. The van der Waals surface area contributed by atoms with Gasteiger partial charge in [-0.1, -0.05) is 41.9 Å². The molecular formula is C24H22ClNO5S. The largest absolute Gasteiger partial charge is 0.513 e. The highest BCUT2D eigenvalue weighted by molar-refractivity contribution is 7.98. The lowest BCUT2D eigenvalue weighted by Crippen LogP contribution is -2.28. The molecule has 2 aliphatic heterocycles. The van der Waals surface area contributed by atoms with E-state index in [2.05, 4.69) is 5.32 Å². The van der Waals surface area contributed by atoms with Gasteiger partial charge in [0.05, 0.1) is 29.5 Å². The van der Waals surface area contributed by atoms with Crippen LogP contribution in [0.15, 0.2) is 76.2 Å². The lowest BCUT2D eigenvalue weighted by molar-refractivity contribution is -0.136. The van der Waals surface area contributed by atoms with E-state index in [0.717, 1.165) is 16.0 Å². The zero-order valence-corrected chi connectivity index (χ0v) is 19.2. The first-order valence-electron chi connectivity index (χ1n) is 10.2. The van der Waals surface area contributed by atoms with E-state index in [1.165, 1.54) is 0 Å². The van der Waals surface area contributed by atoms with E-state index in [4.69, 9.17) is 25.8 Å². The molecule has 0 radical (unpaired) electrons. The van der Waals surface area contributed by atoms with Gasteiger partial charge >= 0.3 is 12.1 Å². The van der Waals surface area contributed by atoms with Gasteiger partial charge in [0.15, 0.2) is 0 Å². The zero-order valence-electron chi connectivity index (χ0n) is 17.6. The second-order valence-electron chi connectivity index (χ2n) is 7.25. The van der Waals surface area contributed by atoms with E-state index in [0.29, 0.717) is 33.5 Å². The molecule has 2 aromatic carbocycles. The van der Waals surface area contributed by atoms with Gasteiger partial charge in [-0.25, -0.2) is 9.59 Å². The fraction of sp³-hybridized carbons (Fsp3) is 0.250. The molecule has 2 aliphatic rings. The van der Waals surface area contributed by atoms with Crippen LogP contribution < -0.4 is 5.32 Å². The molecule has 0 saturated carbocycles. The summed E-state index contributed by atoms with van der Waals surface area (Å²) < 4.78 is 15.9. The molecule has 0 aromatic heterocycles. The Kier molecular flexibility index (Phi) is 6.77. The summed E-state index contributed by atoms with van der Waals surface area (Å²) in [5.41, 5.74) is 3.76. The van der Waals surface area contributed by atoms with Crippen LogP contribution in [0.2, 0.25) is 5.02 Å². The SMILES string of the molecule is CCOC(=O)OC1=C(C)NC2=C(C(=O)OC2)C1c1ccccc1SCc1ccc(Cl)cc1. The summed E-state index contributed by atoms with van der Waals surface area (Å²) >= 11 is 7.63. The number of halogens is 1. The first kappa shape index (κ1) is 22.3. The van der Waals surface area contributed by atoms with Gasteiger partial charge in [-0.15, -0.1) is 11.8 Å². The molecule has 32 heavy (non-hydrogen) atoms. The Morgan fingerprint density at radius 3 is 2.72 bits per heavy atom. The molecule has 0 spiro atoms. The summed E-state index contributed by atoms with van der Waals surface area (Å²) in [6.07, 6.45) is -0.810. The molecular weight excluding hydrogens is 450 g/mol. The van der Waals surface area contributed by atoms with Gasteiger partial charge in [0, 0.05) is 15.7 Å². The molecule has 0 fully saturated rings. The molecule has 166 valence electrons. The Balaban J connectivity index is 1.71. The lowest BCUT2D eigenvalue weighted by atomic mass is 9.85. The molecule has 6 nitrogen and oxygen atoms in total. The third-order valence-electron chi connectivity index (χ3n) is 5.14. The van der Waals surface area contributed by atoms with Crippen LogP contribution in [0.3, 0.4) is 0 Å². The number of dihydropyridines is 1. The van der Waals surface area contributed by atoms with Gasteiger partial charge in [-0.2, -0.15) is 0 Å². The third kappa shape index (κ3) is 4.64. The Hall–Kier alpha value is -2.90. The predicted octanol–water partition coefficient (Wildman–Crippen LogP) is 5.53. The van der Waals surface area contributed by atoms with Crippen LogP contribution >= 0.6 is 23.4 Å². The monoisotopic (exact) mass is 471 g/mol. The number of carbonyl (C=O) groups is 2. The van der Waals surface area contributed by atoms with E-state index < -0.39 is 18.0 Å². The number of ether oxygens (including phenoxy) is 3. The zero-order chi connectivity index (χ0) is 22.7. The molecule has 2 heterocycles. The Morgan fingerprint density at radius 1 is 1.22 bits per heavy atom. The van der Waals surface area contributed by atoms with Crippen molar-refractivity contribution in [1.82, 2.24) is 5.32 Å². The van der Waals surface area contributed by atoms with Crippen LogP contribution in [0, 0.1) is 0 Å². The highest BCUT2D eigenvalue weighted by atomic mass is 35.5. The van der Waals surface area contributed by atoms with Gasteiger partial charge < -0.3 is 19.5 Å². The minimum absolute atomic E-state index is 0.161. The molecule has 1 N–H and O–H groups in total. The van der Waals surface area contributed by atoms with Crippen molar-refractivity contribution in [2.24, 2.45) is 0 Å². The number of benzene rings is 2. The van der Waals surface area contributed by atoms with Crippen LogP contribution in [0.1, 0.15) is 30.9 Å². The first-order valence-corrected chi connectivity index (χ1v) is 11.5. The normalized spacial score (nSPS) is 17.6.